The van der Waals surface area contributed by atoms with Crippen molar-refractivity contribution in [1.29, 1.82) is 0 Å². The van der Waals surface area contributed by atoms with E-state index in [9.17, 15) is 4.79 Å². The van der Waals surface area contributed by atoms with Crippen LogP contribution in [0, 0.1) is 0 Å². The van der Waals surface area contributed by atoms with Gasteiger partial charge < -0.3 is 19.9 Å². The van der Waals surface area contributed by atoms with Gasteiger partial charge in [-0.3, -0.25) is 0 Å². The molecule has 0 aromatic heterocycles. The van der Waals surface area contributed by atoms with Gasteiger partial charge in [0, 0.05) is 38.6 Å². The number of benzene rings is 1. The van der Waals surface area contributed by atoms with Crippen LogP contribution in [0.1, 0.15) is 0 Å². The second kappa shape index (κ2) is 5.73. The van der Waals surface area contributed by atoms with Gasteiger partial charge in [0.15, 0.2) is 0 Å². The zero-order valence-electron chi connectivity index (χ0n) is 10.8. The van der Waals surface area contributed by atoms with Crippen molar-refractivity contribution in [3.05, 3.63) is 24.3 Å². The number of ether oxygens (including phenoxy) is 1. The smallest absolute Gasteiger partial charge is 0.321 e. The quantitative estimate of drug-likeness (QED) is 0.866. The van der Waals surface area contributed by atoms with Gasteiger partial charge in [0.1, 0.15) is 0 Å². The molecule has 1 saturated heterocycles. The molecule has 0 unspecified atom stereocenters. The average Bonchev–Trinajstić information content (AvgIpc) is 2.40. The Morgan fingerprint density at radius 2 is 2.06 bits per heavy atom. The van der Waals surface area contributed by atoms with Crippen LogP contribution in [0.5, 0.6) is 0 Å². The van der Waals surface area contributed by atoms with E-state index in [2.05, 4.69) is 16.3 Å². The molecule has 0 radical (unpaired) electrons. The van der Waals surface area contributed by atoms with E-state index >= 15 is 0 Å². The zero-order chi connectivity index (χ0) is 13.0. The third kappa shape index (κ3) is 3.13. The normalized spacial score (nSPS) is 15.3. The van der Waals surface area contributed by atoms with Gasteiger partial charge in [-0.05, 0) is 18.2 Å². The molecule has 0 atom stereocenters. The number of morpholine rings is 1. The Morgan fingerprint density at radius 1 is 1.33 bits per heavy atom. The molecule has 2 amide bonds. The number of hydrogen-bond donors (Lipinski definition) is 1. The fourth-order valence-electron chi connectivity index (χ4n) is 1.84. The van der Waals surface area contributed by atoms with Crippen LogP contribution < -0.4 is 10.2 Å². The van der Waals surface area contributed by atoms with Gasteiger partial charge in [0.25, 0.3) is 0 Å². The van der Waals surface area contributed by atoms with Crippen LogP contribution >= 0.6 is 0 Å². The molecule has 0 aliphatic carbocycles. The topological polar surface area (TPSA) is 44.8 Å². The van der Waals surface area contributed by atoms with E-state index < -0.39 is 0 Å². The lowest BCUT2D eigenvalue weighted by Crippen LogP contribution is -2.36. The molecule has 0 saturated carbocycles. The first kappa shape index (κ1) is 12.7. The summed E-state index contributed by atoms with van der Waals surface area (Å²) in [6.45, 7) is 3.30. The van der Waals surface area contributed by atoms with Crippen molar-refractivity contribution in [1.82, 2.24) is 4.90 Å². The number of rotatable bonds is 2. The Balaban J connectivity index is 2.07. The number of urea groups is 1. The average molecular weight is 249 g/mol. The minimum atomic E-state index is -0.117. The third-order valence-corrected chi connectivity index (χ3v) is 2.88. The Bertz CT molecular complexity index is 414. The Morgan fingerprint density at radius 3 is 2.72 bits per heavy atom. The Hall–Kier alpha value is -1.75. The van der Waals surface area contributed by atoms with Crippen LogP contribution in [0.3, 0.4) is 0 Å². The van der Waals surface area contributed by atoms with Gasteiger partial charge in [-0.1, -0.05) is 6.07 Å². The largest absolute Gasteiger partial charge is 0.378 e. The number of nitrogens with zero attached hydrogens (tertiary/aromatic N) is 2. The number of carbonyl (C=O) groups is 1. The Labute approximate surface area is 107 Å². The molecule has 1 heterocycles. The lowest BCUT2D eigenvalue weighted by Gasteiger charge is -2.29. The predicted molar refractivity (Wildman–Crippen MR) is 72.2 cm³/mol. The lowest BCUT2D eigenvalue weighted by molar-refractivity contribution is 0.122. The van der Waals surface area contributed by atoms with Crippen molar-refractivity contribution in [2.24, 2.45) is 0 Å². The van der Waals surface area contributed by atoms with Gasteiger partial charge in [-0.25, -0.2) is 4.79 Å². The van der Waals surface area contributed by atoms with Crippen LogP contribution in [0.4, 0.5) is 16.2 Å². The fraction of sp³-hybridized carbons (Fsp3) is 0.462. The van der Waals surface area contributed by atoms with E-state index in [1.165, 1.54) is 4.90 Å². The van der Waals surface area contributed by atoms with Crippen LogP contribution in [0.2, 0.25) is 0 Å². The number of amides is 2. The molecule has 1 aliphatic rings. The highest BCUT2D eigenvalue weighted by Crippen LogP contribution is 2.20. The minimum Gasteiger partial charge on any atom is -0.378 e. The molecule has 1 aliphatic heterocycles. The zero-order valence-corrected chi connectivity index (χ0v) is 10.8. The Kier molecular flexibility index (Phi) is 4.04. The lowest BCUT2D eigenvalue weighted by atomic mass is 10.2. The van der Waals surface area contributed by atoms with E-state index in [4.69, 9.17) is 4.74 Å². The van der Waals surface area contributed by atoms with Crippen LogP contribution in [0.25, 0.3) is 0 Å². The second-order valence-corrected chi connectivity index (χ2v) is 4.47. The van der Waals surface area contributed by atoms with Crippen molar-refractivity contribution >= 4 is 17.4 Å². The molecule has 1 N–H and O–H groups in total. The summed E-state index contributed by atoms with van der Waals surface area (Å²) in [7, 11) is 3.45. The molecule has 98 valence electrons. The highest BCUT2D eigenvalue weighted by Gasteiger charge is 2.12. The molecule has 5 nitrogen and oxygen atoms in total. The van der Waals surface area contributed by atoms with Gasteiger partial charge >= 0.3 is 6.03 Å². The van der Waals surface area contributed by atoms with Crippen molar-refractivity contribution in [2.45, 2.75) is 0 Å². The standard InChI is InChI=1S/C13H19N3O2/c1-15(2)13(17)14-11-4-3-5-12(10-11)16-6-8-18-9-7-16/h3-5,10H,6-9H2,1-2H3,(H,14,17). The second-order valence-electron chi connectivity index (χ2n) is 4.47. The first-order valence-corrected chi connectivity index (χ1v) is 6.08. The molecule has 0 bridgehead atoms. The summed E-state index contributed by atoms with van der Waals surface area (Å²) in [6, 6.07) is 7.78. The summed E-state index contributed by atoms with van der Waals surface area (Å²) >= 11 is 0. The van der Waals surface area contributed by atoms with Gasteiger partial charge in [-0.15, -0.1) is 0 Å². The van der Waals surface area contributed by atoms with E-state index in [1.807, 2.05) is 18.2 Å². The highest BCUT2D eigenvalue weighted by atomic mass is 16.5. The predicted octanol–water partition coefficient (Wildman–Crippen LogP) is 1.62. The SMILES string of the molecule is CN(C)C(=O)Nc1cccc(N2CCOCC2)c1. The summed E-state index contributed by atoms with van der Waals surface area (Å²) < 4.78 is 5.33. The highest BCUT2D eigenvalue weighted by molar-refractivity contribution is 5.89. The summed E-state index contributed by atoms with van der Waals surface area (Å²) in [5.74, 6) is 0. The molecular formula is C13H19N3O2. The van der Waals surface area contributed by atoms with Crippen molar-refractivity contribution in [2.75, 3.05) is 50.6 Å². The molecule has 5 heteroatoms. The maximum absolute atomic E-state index is 11.6. The molecule has 1 aromatic rings. The van der Waals surface area contributed by atoms with Crippen molar-refractivity contribution < 1.29 is 9.53 Å². The van der Waals surface area contributed by atoms with Crippen LogP contribution in [-0.2, 0) is 4.74 Å². The number of hydrogen-bond acceptors (Lipinski definition) is 3. The van der Waals surface area contributed by atoms with Crippen LogP contribution in [-0.4, -0.2) is 51.3 Å². The minimum absolute atomic E-state index is 0.117. The maximum atomic E-state index is 11.6. The van der Waals surface area contributed by atoms with Crippen molar-refractivity contribution in [3.8, 4) is 0 Å². The number of nitrogens with one attached hydrogen (secondary N) is 1. The van der Waals surface area contributed by atoms with Gasteiger partial charge in [0.05, 0.1) is 13.2 Å². The van der Waals surface area contributed by atoms with E-state index in [1.54, 1.807) is 14.1 Å². The number of carbonyl (C=O) groups excluding carboxylic acids is 1. The van der Waals surface area contributed by atoms with Gasteiger partial charge in [-0.2, -0.15) is 0 Å². The molecular weight excluding hydrogens is 230 g/mol. The summed E-state index contributed by atoms with van der Waals surface area (Å²) in [5, 5.41) is 2.85. The number of anilines is 2. The van der Waals surface area contributed by atoms with Crippen molar-refractivity contribution in [3.63, 3.8) is 0 Å². The maximum Gasteiger partial charge on any atom is 0.321 e. The van der Waals surface area contributed by atoms with E-state index in [-0.39, 0.29) is 6.03 Å². The summed E-state index contributed by atoms with van der Waals surface area (Å²) in [4.78, 5) is 15.4. The molecule has 0 spiro atoms. The van der Waals surface area contributed by atoms with Gasteiger partial charge in [0.2, 0.25) is 0 Å². The molecule has 1 fully saturated rings. The fourth-order valence-corrected chi connectivity index (χ4v) is 1.84. The molecule has 18 heavy (non-hydrogen) atoms. The van der Waals surface area contributed by atoms with E-state index in [0.29, 0.717) is 0 Å². The monoisotopic (exact) mass is 249 g/mol. The van der Waals surface area contributed by atoms with E-state index in [0.717, 1.165) is 37.7 Å². The summed E-state index contributed by atoms with van der Waals surface area (Å²) in [6.07, 6.45) is 0. The molecule has 2 rings (SSSR count). The first-order chi connectivity index (χ1) is 8.66. The third-order valence-electron chi connectivity index (χ3n) is 2.88. The summed E-state index contributed by atoms with van der Waals surface area (Å²) in [5.41, 5.74) is 1.94. The molecule has 1 aromatic carbocycles. The van der Waals surface area contributed by atoms with Crippen LogP contribution in [0.15, 0.2) is 24.3 Å². The first-order valence-electron chi connectivity index (χ1n) is 6.08.